The van der Waals surface area contributed by atoms with Gasteiger partial charge in [-0.3, -0.25) is 0 Å². The molecule has 0 saturated carbocycles. The Hall–Kier alpha value is -2.69. The standard InChI is InChI=1S/C17H20N2O3/c1-12-15(21-2)10-9-13(16(12)22-3)11-18-17(20)19-14-7-5-4-6-8-14/h4-10H,11H2,1-3H3,(H2,18,19,20). The Morgan fingerprint density at radius 1 is 1.05 bits per heavy atom. The van der Waals surface area contributed by atoms with Gasteiger partial charge in [-0.2, -0.15) is 0 Å². The van der Waals surface area contributed by atoms with Crippen molar-refractivity contribution < 1.29 is 14.3 Å². The number of amides is 2. The highest BCUT2D eigenvalue weighted by Crippen LogP contribution is 2.31. The minimum Gasteiger partial charge on any atom is -0.496 e. The van der Waals surface area contributed by atoms with Gasteiger partial charge in [-0.25, -0.2) is 4.79 Å². The summed E-state index contributed by atoms with van der Waals surface area (Å²) < 4.78 is 10.7. The molecule has 2 N–H and O–H groups in total. The molecule has 116 valence electrons. The summed E-state index contributed by atoms with van der Waals surface area (Å²) in [4.78, 5) is 11.9. The van der Waals surface area contributed by atoms with E-state index in [0.29, 0.717) is 6.54 Å². The van der Waals surface area contributed by atoms with Crippen molar-refractivity contribution >= 4 is 11.7 Å². The summed E-state index contributed by atoms with van der Waals surface area (Å²) in [6, 6.07) is 12.8. The number of hydrogen-bond acceptors (Lipinski definition) is 3. The Morgan fingerprint density at radius 2 is 1.77 bits per heavy atom. The Balaban J connectivity index is 2.02. The predicted octanol–water partition coefficient (Wildman–Crippen LogP) is 3.33. The molecular formula is C17H20N2O3. The molecule has 0 unspecified atom stereocenters. The number of methoxy groups -OCH3 is 2. The van der Waals surface area contributed by atoms with Crippen molar-refractivity contribution in [3.63, 3.8) is 0 Å². The van der Waals surface area contributed by atoms with Crippen molar-refractivity contribution in [3.05, 3.63) is 53.6 Å². The summed E-state index contributed by atoms with van der Waals surface area (Å²) in [5.74, 6) is 1.48. The van der Waals surface area contributed by atoms with Crippen molar-refractivity contribution in [2.75, 3.05) is 19.5 Å². The van der Waals surface area contributed by atoms with Crippen molar-refractivity contribution in [1.82, 2.24) is 5.32 Å². The normalized spacial score (nSPS) is 9.95. The molecule has 2 aromatic rings. The summed E-state index contributed by atoms with van der Waals surface area (Å²) in [7, 11) is 3.22. The van der Waals surface area contributed by atoms with Crippen molar-refractivity contribution in [1.29, 1.82) is 0 Å². The monoisotopic (exact) mass is 300 g/mol. The molecular weight excluding hydrogens is 280 g/mol. The van der Waals surface area contributed by atoms with Crippen LogP contribution in [0.3, 0.4) is 0 Å². The average Bonchev–Trinajstić information content (AvgIpc) is 2.54. The summed E-state index contributed by atoms with van der Waals surface area (Å²) >= 11 is 0. The number of para-hydroxylation sites is 1. The van der Waals surface area contributed by atoms with Crippen LogP contribution in [0, 0.1) is 6.92 Å². The molecule has 0 aliphatic carbocycles. The first-order chi connectivity index (χ1) is 10.7. The van der Waals surface area contributed by atoms with E-state index in [1.54, 1.807) is 14.2 Å². The first-order valence-electron chi connectivity index (χ1n) is 6.96. The number of anilines is 1. The minimum atomic E-state index is -0.262. The first-order valence-corrected chi connectivity index (χ1v) is 6.96. The van der Waals surface area contributed by atoms with Crippen LogP contribution in [0.2, 0.25) is 0 Å². The molecule has 0 aromatic heterocycles. The maximum Gasteiger partial charge on any atom is 0.319 e. The van der Waals surface area contributed by atoms with E-state index in [0.717, 1.165) is 28.3 Å². The van der Waals surface area contributed by atoms with Gasteiger partial charge in [0, 0.05) is 23.4 Å². The Bertz CT molecular complexity index is 642. The summed E-state index contributed by atoms with van der Waals surface area (Å²) in [5.41, 5.74) is 2.55. The summed E-state index contributed by atoms with van der Waals surface area (Å²) in [5, 5.41) is 5.59. The molecule has 0 heterocycles. The first kappa shape index (κ1) is 15.7. The third-order valence-electron chi connectivity index (χ3n) is 3.33. The molecule has 0 aliphatic rings. The Kier molecular flexibility index (Phi) is 5.25. The van der Waals surface area contributed by atoms with Crippen LogP contribution in [-0.2, 0) is 6.54 Å². The smallest absolute Gasteiger partial charge is 0.319 e. The van der Waals surface area contributed by atoms with Gasteiger partial charge < -0.3 is 20.1 Å². The molecule has 0 atom stereocenters. The molecule has 22 heavy (non-hydrogen) atoms. The highest BCUT2D eigenvalue weighted by atomic mass is 16.5. The molecule has 0 spiro atoms. The van der Waals surface area contributed by atoms with Gasteiger partial charge in [-0.05, 0) is 31.2 Å². The molecule has 0 saturated heterocycles. The molecule has 2 aromatic carbocycles. The second-order valence-corrected chi connectivity index (χ2v) is 4.76. The molecule has 5 nitrogen and oxygen atoms in total. The second kappa shape index (κ2) is 7.36. The van der Waals surface area contributed by atoms with Crippen molar-refractivity contribution in [2.45, 2.75) is 13.5 Å². The maximum atomic E-state index is 11.9. The lowest BCUT2D eigenvalue weighted by Gasteiger charge is -2.15. The quantitative estimate of drug-likeness (QED) is 0.890. The van der Waals surface area contributed by atoms with Crippen LogP contribution in [-0.4, -0.2) is 20.3 Å². The maximum absolute atomic E-state index is 11.9. The van der Waals surface area contributed by atoms with E-state index in [1.807, 2.05) is 49.4 Å². The topological polar surface area (TPSA) is 59.6 Å². The lowest BCUT2D eigenvalue weighted by Crippen LogP contribution is -2.28. The van der Waals surface area contributed by atoms with Crippen LogP contribution in [0.5, 0.6) is 11.5 Å². The van der Waals surface area contributed by atoms with Crippen LogP contribution in [0.15, 0.2) is 42.5 Å². The van der Waals surface area contributed by atoms with Gasteiger partial charge in [0.15, 0.2) is 0 Å². The fourth-order valence-electron chi connectivity index (χ4n) is 2.25. The van der Waals surface area contributed by atoms with Crippen molar-refractivity contribution in [3.8, 4) is 11.5 Å². The van der Waals surface area contributed by atoms with Gasteiger partial charge >= 0.3 is 6.03 Å². The number of nitrogens with one attached hydrogen (secondary N) is 2. The fourth-order valence-corrected chi connectivity index (χ4v) is 2.25. The molecule has 0 radical (unpaired) electrons. The van der Waals surface area contributed by atoms with E-state index in [2.05, 4.69) is 10.6 Å². The molecule has 0 bridgehead atoms. The van der Waals surface area contributed by atoms with Gasteiger partial charge in [0.2, 0.25) is 0 Å². The third-order valence-corrected chi connectivity index (χ3v) is 3.33. The second-order valence-electron chi connectivity index (χ2n) is 4.76. The van der Waals surface area contributed by atoms with E-state index < -0.39 is 0 Å². The van der Waals surface area contributed by atoms with Crippen LogP contribution in [0.4, 0.5) is 10.5 Å². The minimum absolute atomic E-state index is 0.262. The van der Waals surface area contributed by atoms with E-state index >= 15 is 0 Å². The van der Waals surface area contributed by atoms with Gasteiger partial charge in [-0.1, -0.05) is 18.2 Å². The number of hydrogen-bond donors (Lipinski definition) is 2. The summed E-state index contributed by atoms with van der Waals surface area (Å²) in [6.07, 6.45) is 0. The third kappa shape index (κ3) is 3.69. The predicted molar refractivity (Wildman–Crippen MR) is 86.6 cm³/mol. The molecule has 2 amide bonds. The Morgan fingerprint density at radius 3 is 2.41 bits per heavy atom. The zero-order valence-electron chi connectivity index (χ0n) is 13.0. The largest absolute Gasteiger partial charge is 0.496 e. The molecule has 5 heteroatoms. The number of carbonyl (C=O) groups excluding carboxylic acids is 1. The number of ether oxygens (including phenoxy) is 2. The lowest BCUT2D eigenvalue weighted by atomic mass is 10.1. The van der Waals surface area contributed by atoms with Gasteiger partial charge in [-0.15, -0.1) is 0 Å². The molecule has 2 rings (SSSR count). The highest BCUT2D eigenvalue weighted by molar-refractivity contribution is 5.89. The fraction of sp³-hybridized carbons (Fsp3) is 0.235. The van der Waals surface area contributed by atoms with Crippen LogP contribution in [0.1, 0.15) is 11.1 Å². The van der Waals surface area contributed by atoms with Gasteiger partial charge in [0.25, 0.3) is 0 Å². The lowest BCUT2D eigenvalue weighted by molar-refractivity contribution is 0.251. The van der Waals surface area contributed by atoms with Crippen LogP contribution >= 0.6 is 0 Å². The van der Waals surface area contributed by atoms with Crippen molar-refractivity contribution in [2.24, 2.45) is 0 Å². The van der Waals surface area contributed by atoms with Gasteiger partial charge in [0.1, 0.15) is 11.5 Å². The Labute approximate surface area is 130 Å². The van der Waals surface area contributed by atoms with E-state index in [1.165, 1.54) is 0 Å². The number of rotatable bonds is 5. The van der Waals surface area contributed by atoms with E-state index in [-0.39, 0.29) is 6.03 Å². The zero-order valence-corrected chi connectivity index (χ0v) is 13.0. The number of carbonyl (C=O) groups is 1. The summed E-state index contributed by atoms with van der Waals surface area (Å²) in [6.45, 7) is 2.29. The number of benzene rings is 2. The van der Waals surface area contributed by atoms with Gasteiger partial charge in [0.05, 0.1) is 14.2 Å². The highest BCUT2D eigenvalue weighted by Gasteiger charge is 2.12. The van der Waals surface area contributed by atoms with E-state index in [4.69, 9.17) is 9.47 Å². The zero-order chi connectivity index (χ0) is 15.9. The average molecular weight is 300 g/mol. The molecule has 0 fully saturated rings. The molecule has 0 aliphatic heterocycles. The number of urea groups is 1. The van der Waals surface area contributed by atoms with E-state index in [9.17, 15) is 4.79 Å². The van der Waals surface area contributed by atoms with Crippen LogP contribution in [0.25, 0.3) is 0 Å². The SMILES string of the molecule is COc1ccc(CNC(=O)Nc2ccccc2)c(OC)c1C. The van der Waals surface area contributed by atoms with Crippen LogP contribution < -0.4 is 20.1 Å².